The van der Waals surface area contributed by atoms with Crippen LogP contribution in [0.25, 0.3) is 0 Å². The molecule has 17 heavy (non-hydrogen) atoms. The minimum Gasteiger partial charge on any atom is -0.383 e. The van der Waals surface area contributed by atoms with Gasteiger partial charge in [0.15, 0.2) is 0 Å². The van der Waals surface area contributed by atoms with Gasteiger partial charge in [0.2, 0.25) is 0 Å². The fourth-order valence-corrected chi connectivity index (χ4v) is 2.30. The summed E-state index contributed by atoms with van der Waals surface area (Å²) in [7, 11) is 1.77. The van der Waals surface area contributed by atoms with Crippen molar-refractivity contribution in [3.63, 3.8) is 0 Å². The minimum absolute atomic E-state index is 0.462. The Hall–Kier alpha value is -0.860. The van der Waals surface area contributed by atoms with Crippen molar-refractivity contribution in [2.75, 3.05) is 20.3 Å². The van der Waals surface area contributed by atoms with Gasteiger partial charge in [-0.15, -0.1) is 0 Å². The molecule has 0 bridgehead atoms. The zero-order valence-electron chi connectivity index (χ0n) is 11.5. The summed E-state index contributed by atoms with van der Waals surface area (Å²) in [4.78, 5) is 0. The van der Waals surface area contributed by atoms with Crippen molar-refractivity contribution in [3.8, 4) is 0 Å². The summed E-state index contributed by atoms with van der Waals surface area (Å²) in [6.07, 6.45) is 2.26. The second-order valence-corrected chi connectivity index (χ2v) is 4.62. The number of hydrogen-bond acceptors (Lipinski definition) is 2. The van der Waals surface area contributed by atoms with Gasteiger partial charge in [0, 0.05) is 13.2 Å². The van der Waals surface area contributed by atoms with Crippen LogP contribution in [0.2, 0.25) is 0 Å². The van der Waals surface area contributed by atoms with E-state index in [1.807, 2.05) is 0 Å². The van der Waals surface area contributed by atoms with E-state index in [1.54, 1.807) is 7.11 Å². The molecule has 0 aromatic heterocycles. The van der Waals surface area contributed by atoms with E-state index in [0.717, 1.165) is 26.0 Å². The number of benzene rings is 1. The highest BCUT2D eigenvalue weighted by molar-refractivity contribution is 5.33. The highest BCUT2D eigenvalue weighted by atomic mass is 16.5. The third-order valence-electron chi connectivity index (χ3n) is 3.25. The molecule has 0 fully saturated rings. The van der Waals surface area contributed by atoms with Crippen molar-refractivity contribution >= 4 is 0 Å². The van der Waals surface area contributed by atoms with Crippen LogP contribution < -0.4 is 5.32 Å². The Labute approximate surface area is 105 Å². The molecule has 1 aromatic carbocycles. The van der Waals surface area contributed by atoms with Crippen molar-refractivity contribution in [2.45, 2.75) is 39.7 Å². The van der Waals surface area contributed by atoms with Crippen molar-refractivity contribution in [3.05, 3.63) is 34.9 Å². The number of ether oxygens (including phenoxy) is 1. The molecule has 1 unspecified atom stereocenters. The van der Waals surface area contributed by atoms with Gasteiger partial charge in [0.1, 0.15) is 0 Å². The largest absolute Gasteiger partial charge is 0.383 e. The van der Waals surface area contributed by atoms with E-state index < -0.39 is 0 Å². The highest BCUT2D eigenvalue weighted by Gasteiger charge is 2.09. The zero-order valence-corrected chi connectivity index (χ0v) is 11.5. The van der Waals surface area contributed by atoms with Crippen LogP contribution in [0.5, 0.6) is 0 Å². The molecule has 2 heteroatoms. The molecule has 1 atom stereocenters. The van der Waals surface area contributed by atoms with Crippen LogP contribution in [0, 0.1) is 13.8 Å². The number of hydrogen-bond donors (Lipinski definition) is 1. The number of aryl methyl sites for hydroxylation is 2. The highest BCUT2D eigenvalue weighted by Crippen LogP contribution is 2.16. The van der Waals surface area contributed by atoms with Gasteiger partial charge < -0.3 is 10.1 Å². The second-order valence-electron chi connectivity index (χ2n) is 4.62. The number of nitrogens with one attached hydrogen (secondary N) is 1. The van der Waals surface area contributed by atoms with Gasteiger partial charge in [-0.25, -0.2) is 0 Å². The molecule has 0 saturated carbocycles. The zero-order chi connectivity index (χ0) is 12.7. The monoisotopic (exact) mass is 235 g/mol. The summed E-state index contributed by atoms with van der Waals surface area (Å²) in [5.41, 5.74) is 4.29. The predicted octanol–water partition coefficient (Wildman–Crippen LogP) is 2.86. The maximum absolute atomic E-state index is 5.24. The van der Waals surface area contributed by atoms with Crippen molar-refractivity contribution < 1.29 is 4.74 Å². The molecule has 0 amide bonds. The molecule has 0 radical (unpaired) electrons. The Bertz CT molecular complexity index is 309. The van der Waals surface area contributed by atoms with Gasteiger partial charge in [-0.3, -0.25) is 0 Å². The number of likely N-dealkylation sites (N-methyl/N-ethyl adjacent to an activating group) is 1. The Kier molecular flexibility index (Phi) is 6.23. The van der Waals surface area contributed by atoms with Crippen molar-refractivity contribution in [1.82, 2.24) is 5.32 Å². The quantitative estimate of drug-likeness (QED) is 0.784. The first-order valence-corrected chi connectivity index (χ1v) is 6.46. The Morgan fingerprint density at radius 2 is 1.88 bits per heavy atom. The van der Waals surface area contributed by atoms with E-state index in [-0.39, 0.29) is 0 Å². The maximum Gasteiger partial charge on any atom is 0.0615 e. The molecule has 0 saturated heterocycles. The van der Waals surface area contributed by atoms with E-state index in [0.29, 0.717) is 6.04 Å². The number of rotatable bonds is 7. The molecule has 0 heterocycles. The predicted molar refractivity (Wildman–Crippen MR) is 73.6 cm³/mol. The lowest BCUT2D eigenvalue weighted by molar-refractivity contribution is 0.163. The van der Waals surface area contributed by atoms with Crippen LogP contribution in [-0.4, -0.2) is 26.3 Å². The van der Waals surface area contributed by atoms with Crippen LogP contribution in [0.1, 0.15) is 30.0 Å². The van der Waals surface area contributed by atoms with E-state index in [4.69, 9.17) is 4.74 Å². The van der Waals surface area contributed by atoms with Gasteiger partial charge >= 0.3 is 0 Å². The summed E-state index contributed by atoms with van der Waals surface area (Å²) in [5.74, 6) is 0. The molecule has 1 N–H and O–H groups in total. The van der Waals surface area contributed by atoms with Crippen molar-refractivity contribution in [1.29, 1.82) is 0 Å². The van der Waals surface area contributed by atoms with Crippen LogP contribution in [0.15, 0.2) is 18.2 Å². The third-order valence-corrected chi connectivity index (χ3v) is 3.25. The Morgan fingerprint density at radius 3 is 2.41 bits per heavy atom. The smallest absolute Gasteiger partial charge is 0.0615 e. The topological polar surface area (TPSA) is 21.3 Å². The molecule has 1 rings (SSSR count). The van der Waals surface area contributed by atoms with E-state index in [1.165, 1.54) is 16.7 Å². The Morgan fingerprint density at radius 1 is 1.24 bits per heavy atom. The van der Waals surface area contributed by atoms with Crippen LogP contribution in [0.3, 0.4) is 0 Å². The maximum atomic E-state index is 5.24. The SMILES string of the molecule is CCNC(CCc1c(C)cccc1C)COC. The molecule has 96 valence electrons. The first-order chi connectivity index (χ1) is 8.19. The third kappa shape index (κ3) is 4.49. The summed E-state index contributed by atoms with van der Waals surface area (Å²) >= 11 is 0. The van der Waals surface area contributed by atoms with Gasteiger partial charge in [-0.05, 0) is 49.9 Å². The molecular formula is C15H25NO. The van der Waals surface area contributed by atoms with E-state index >= 15 is 0 Å². The molecule has 0 spiro atoms. The Balaban J connectivity index is 2.58. The lowest BCUT2D eigenvalue weighted by Crippen LogP contribution is -2.33. The first kappa shape index (κ1) is 14.2. The van der Waals surface area contributed by atoms with Crippen molar-refractivity contribution in [2.24, 2.45) is 0 Å². The summed E-state index contributed by atoms with van der Waals surface area (Å²) < 4.78 is 5.24. The molecular weight excluding hydrogens is 210 g/mol. The fraction of sp³-hybridized carbons (Fsp3) is 0.600. The molecule has 2 nitrogen and oxygen atoms in total. The molecule has 0 aliphatic rings. The normalized spacial score (nSPS) is 12.7. The fourth-order valence-electron chi connectivity index (χ4n) is 2.30. The van der Waals surface area contributed by atoms with Gasteiger partial charge in [0.25, 0.3) is 0 Å². The second kappa shape index (κ2) is 7.46. The molecule has 0 aliphatic carbocycles. The summed E-state index contributed by atoms with van der Waals surface area (Å²) in [6, 6.07) is 6.98. The van der Waals surface area contributed by atoms with Gasteiger partial charge in [0.05, 0.1) is 6.61 Å². The average Bonchev–Trinajstić information content (AvgIpc) is 2.29. The summed E-state index contributed by atoms with van der Waals surface area (Å²) in [5, 5.41) is 3.47. The lowest BCUT2D eigenvalue weighted by atomic mass is 9.97. The van der Waals surface area contributed by atoms with E-state index in [2.05, 4.69) is 44.3 Å². The van der Waals surface area contributed by atoms with Crippen LogP contribution in [-0.2, 0) is 11.2 Å². The van der Waals surface area contributed by atoms with Crippen LogP contribution >= 0.6 is 0 Å². The molecule has 1 aromatic rings. The first-order valence-electron chi connectivity index (χ1n) is 6.46. The van der Waals surface area contributed by atoms with Gasteiger partial charge in [-0.1, -0.05) is 25.1 Å². The van der Waals surface area contributed by atoms with Crippen LogP contribution in [0.4, 0.5) is 0 Å². The summed E-state index contributed by atoms with van der Waals surface area (Å²) in [6.45, 7) is 8.32. The lowest BCUT2D eigenvalue weighted by Gasteiger charge is -2.18. The molecule has 0 aliphatic heterocycles. The number of methoxy groups -OCH3 is 1. The van der Waals surface area contributed by atoms with E-state index in [9.17, 15) is 0 Å². The average molecular weight is 235 g/mol. The standard InChI is InChI=1S/C15H25NO/c1-5-16-14(11-17-4)9-10-15-12(2)7-6-8-13(15)3/h6-8,14,16H,5,9-11H2,1-4H3. The minimum atomic E-state index is 0.462. The van der Waals surface area contributed by atoms with Gasteiger partial charge in [-0.2, -0.15) is 0 Å².